The Labute approximate surface area is 96.8 Å². The second-order valence-electron chi connectivity index (χ2n) is 4.76. The zero-order chi connectivity index (χ0) is 11.4. The first-order valence-electron chi connectivity index (χ1n) is 6.24. The summed E-state index contributed by atoms with van der Waals surface area (Å²) in [6.45, 7) is 3.89. The molecule has 1 saturated heterocycles. The van der Waals surface area contributed by atoms with Gasteiger partial charge in [-0.2, -0.15) is 0 Å². The molecule has 90 valence electrons. The molecule has 3 atom stereocenters. The number of esters is 1. The van der Waals surface area contributed by atoms with Crippen molar-refractivity contribution in [3.8, 4) is 0 Å². The van der Waals surface area contributed by atoms with Gasteiger partial charge in [-0.3, -0.25) is 0 Å². The lowest BCUT2D eigenvalue weighted by Gasteiger charge is -2.18. The lowest BCUT2D eigenvalue weighted by atomic mass is 9.86. The monoisotopic (exact) mass is 224 g/mol. The largest absolute Gasteiger partial charge is 0.463 e. The Morgan fingerprint density at radius 2 is 2.25 bits per heavy atom. The fourth-order valence-corrected chi connectivity index (χ4v) is 2.52. The predicted octanol–water partition coefficient (Wildman–Crippen LogP) is 2.45. The van der Waals surface area contributed by atoms with Crippen LogP contribution < -0.4 is 0 Å². The normalized spacial score (nSPS) is 31.6. The minimum absolute atomic E-state index is 0.313. The topological polar surface area (TPSA) is 38.8 Å². The highest BCUT2D eigenvalue weighted by atomic mass is 16.6. The number of ether oxygens (including phenoxy) is 2. The zero-order valence-electron chi connectivity index (χ0n) is 9.69. The van der Waals surface area contributed by atoms with Crippen LogP contribution in [0.4, 0.5) is 0 Å². The van der Waals surface area contributed by atoms with Crippen molar-refractivity contribution in [1.82, 2.24) is 0 Å². The van der Waals surface area contributed by atoms with Crippen LogP contribution in [0.3, 0.4) is 0 Å². The molecule has 1 heterocycles. The first kappa shape index (κ1) is 11.6. The Morgan fingerprint density at radius 3 is 3.00 bits per heavy atom. The molecule has 0 aromatic rings. The highest BCUT2D eigenvalue weighted by Crippen LogP contribution is 2.40. The molecule has 2 aliphatic rings. The molecule has 16 heavy (non-hydrogen) atoms. The standard InChI is InChI=1S/C13H20O3/c1-2-13(14)15-8-4-3-5-10-6-7-11-12(9-10)16-11/h2,10-12H,1,3-9H2. The van der Waals surface area contributed by atoms with Crippen molar-refractivity contribution >= 4 is 5.97 Å². The quantitative estimate of drug-likeness (QED) is 0.301. The van der Waals surface area contributed by atoms with Crippen molar-refractivity contribution < 1.29 is 14.3 Å². The van der Waals surface area contributed by atoms with Gasteiger partial charge in [0, 0.05) is 6.08 Å². The lowest BCUT2D eigenvalue weighted by molar-refractivity contribution is -0.137. The second-order valence-corrected chi connectivity index (χ2v) is 4.76. The van der Waals surface area contributed by atoms with Gasteiger partial charge in [-0.1, -0.05) is 13.0 Å². The third kappa shape index (κ3) is 3.34. The summed E-state index contributed by atoms with van der Waals surface area (Å²) < 4.78 is 10.4. The van der Waals surface area contributed by atoms with Crippen LogP contribution in [0.15, 0.2) is 12.7 Å². The zero-order valence-corrected chi connectivity index (χ0v) is 9.69. The van der Waals surface area contributed by atoms with Crippen LogP contribution in [-0.2, 0) is 14.3 Å². The molecule has 1 aliphatic carbocycles. The van der Waals surface area contributed by atoms with Gasteiger partial charge in [-0.25, -0.2) is 4.79 Å². The van der Waals surface area contributed by atoms with E-state index in [0.29, 0.717) is 18.8 Å². The van der Waals surface area contributed by atoms with Gasteiger partial charge in [0.15, 0.2) is 0 Å². The van der Waals surface area contributed by atoms with Crippen molar-refractivity contribution in [2.45, 2.75) is 50.7 Å². The van der Waals surface area contributed by atoms with Crippen LogP contribution in [0.1, 0.15) is 38.5 Å². The van der Waals surface area contributed by atoms with Gasteiger partial charge in [0.2, 0.25) is 0 Å². The third-order valence-corrected chi connectivity index (χ3v) is 3.53. The number of epoxide rings is 1. The smallest absolute Gasteiger partial charge is 0.330 e. The lowest BCUT2D eigenvalue weighted by Crippen LogP contribution is -2.13. The van der Waals surface area contributed by atoms with Gasteiger partial charge in [0.25, 0.3) is 0 Å². The highest BCUT2D eigenvalue weighted by molar-refractivity contribution is 5.81. The number of carbonyl (C=O) groups is 1. The van der Waals surface area contributed by atoms with Gasteiger partial charge in [0.1, 0.15) is 0 Å². The van der Waals surface area contributed by atoms with Gasteiger partial charge in [0.05, 0.1) is 18.8 Å². The van der Waals surface area contributed by atoms with E-state index in [-0.39, 0.29) is 5.97 Å². The third-order valence-electron chi connectivity index (χ3n) is 3.53. The molecule has 0 bridgehead atoms. The van der Waals surface area contributed by atoms with E-state index < -0.39 is 0 Å². The summed E-state index contributed by atoms with van der Waals surface area (Å²) in [5.74, 6) is 0.519. The van der Waals surface area contributed by atoms with Gasteiger partial charge >= 0.3 is 5.97 Å². The first-order valence-corrected chi connectivity index (χ1v) is 6.24. The Bertz CT molecular complexity index is 262. The molecule has 0 spiro atoms. The summed E-state index contributed by atoms with van der Waals surface area (Å²) in [4.78, 5) is 10.8. The fourth-order valence-electron chi connectivity index (χ4n) is 2.52. The predicted molar refractivity (Wildman–Crippen MR) is 61.0 cm³/mol. The molecule has 2 fully saturated rings. The van der Waals surface area contributed by atoms with Gasteiger partial charge in [-0.05, 0) is 38.0 Å². The van der Waals surface area contributed by atoms with E-state index in [9.17, 15) is 4.79 Å². The molecule has 3 nitrogen and oxygen atoms in total. The molecular formula is C13H20O3. The summed E-state index contributed by atoms with van der Waals surface area (Å²) in [5, 5.41) is 0. The number of fused-ring (bicyclic) bond motifs is 1. The van der Waals surface area contributed by atoms with Crippen LogP contribution >= 0.6 is 0 Å². The molecule has 1 aliphatic heterocycles. The van der Waals surface area contributed by atoms with E-state index >= 15 is 0 Å². The SMILES string of the molecule is C=CC(=O)OCCCCC1CCC2OC2C1. The van der Waals surface area contributed by atoms with E-state index in [1.165, 1.54) is 31.8 Å². The molecular weight excluding hydrogens is 204 g/mol. The van der Waals surface area contributed by atoms with E-state index in [0.717, 1.165) is 18.8 Å². The molecule has 0 radical (unpaired) electrons. The van der Waals surface area contributed by atoms with E-state index in [1.807, 2.05) is 0 Å². The maximum atomic E-state index is 10.8. The number of unbranched alkanes of at least 4 members (excludes halogenated alkanes) is 1. The number of rotatable bonds is 6. The number of hydrogen-bond acceptors (Lipinski definition) is 3. The minimum atomic E-state index is -0.313. The average molecular weight is 224 g/mol. The Hall–Kier alpha value is -0.830. The summed E-state index contributed by atoms with van der Waals surface area (Å²) in [5.41, 5.74) is 0. The Balaban J connectivity index is 1.48. The number of hydrogen-bond donors (Lipinski definition) is 0. The van der Waals surface area contributed by atoms with Crippen LogP contribution in [-0.4, -0.2) is 24.8 Å². The number of carbonyl (C=O) groups excluding carboxylic acids is 1. The molecule has 3 heteroatoms. The molecule has 0 aromatic carbocycles. The maximum absolute atomic E-state index is 10.8. The summed E-state index contributed by atoms with van der Waals surface area (Å²) in [6.07, 6.45) is 9.56. The minimum Gasteiger partial charge on any atom is -0.463 e. The average Bonchev–Trinajstić information content (AvgIpc) is 3.06. The van der Waals surface area contributed by atoms with Crippen LogP contribution in [0, 0.1) is 5.92 Å². The van der Waals surface area contributed by atoms with E-state index in [1.54, 1.807) is 0 Å². The fraction of sp³-hybridized carbons (Fsp3) is 0.769. The second kappa shape index (κ2) is 5.48. The molecule has 0 amide bonds. The summed E-state index contributed by atoms with van der Waals surface area (Å²) in [6, 6.07) is 0. The molecule has 2 rings (SSSR count). The Morgan fingerprint density at radius 1 is 1.38 bits per heavy atom. The molecule has 0 aromatic heterocycles. The maximum Gasteiger partial charge on any atom is 0.330 e. The van der Waals surface area contributed by atoms with Crippen LogP contribution in [0.25, 0.3) is 0 Å². The van der Waals surface area contributed by atoms with E-state index in [2.05, 4.69) is 6.58 Å². The molecule has 1 saturated carbocycles. The summed E-state index contributed by atoms with van der Waals surface area (Å²) >= 11 is 0. The highest BCUT2D eigenvalue weighted by Gasteiger charge is 2.43. The molecule has 3 unspecified atom stereocenters. The van der Waals surface area contributed by atoms with Crippen molar-refractivity contribution in [2.75, 3.05) is 6.61 Å². The first-order chi connectivity index (χ1) is 7.79. The Kier molecular flexibility index (Phi) is 3.99. The van der Waals surface area contributed by atoms with Gasteiger partial charge in [-0.15, -0.1) is 0 Å². The van der Waals surface area contributed by atoms with Crippen LogP contribution in [0.5, 0.6) is 0 Å². The van der Waals surface area contributed by atoms with Crippen molar-refractivity contribution in [2.24, 2.45) is 5.92 Å². The van der Waals surface area contributed by atoms with Crippen molar-refractivity contribution in [1.29, 1.82) is 0 Å². The van der Waals surface area contributed by atoms with Gasteiger partial charge < -0.3 is 9.47 Å². The summed E-state index contributed by atoms with van der Waals surface area (Å²) in [7, 11) is 0. The van der Waals surface area contributed by atoms with Crippen LogP contribution in [0.2, 0.25) is 0 Å². The molecule has 0 N–H and O–H groups in total. The van der Waals surface area contributed by atoms with E-state index in [4.69, 9.17) is 9.47 Å². The van der Waals surface area contributed by atoms with Crippen molar-refractivity contribution in [3.63, 3.8) is 0 Å². The van der Waals surface area contributed by atoms with Crippen molar-refractivity contribution in [3.05, 3.63) is 12.7 Å².